The zero-order valence-corrected chi connectivity index (χ0v) is 10.5. The molecule has 0 aromatic carbocycles. The molecule has 0 saturated heterocycles. The number of ketones is 3. The number of hydrogen-bond acceptors (Lipinski definition) is 5. The van der Waals surface area contributed by atoms with E-state index < -0.39 is 29.2 Å². The molecule has 2 amide bonds. The molecule has 0 radical (unpaired) electrons. The van der Waals surface area contributed by atoms with Crippen molar-refractivity contribution < 1.29 is 24.0 Å². The average Bonchev–Trinajstić information content (AvgIpc) is 2.74. The van der Waals surface area contributed by atoms with E-state index >= 15 is 0 Å². The summed E-state index contributed by atoms with van der Waals surface area (Å²) in [5.41, 5.74) is -1.27. The molecule has 5 rings (SSSR count). The van der Waals surface area contributed by atoms with Crippen LogP contribution in [0.1, 0.15) is 19.3 Å². The summed E-state index contributed by atoms with van der Waals surface area (Å²) in [5, 5.41) is 0. The zero-order chi connectivity index (χ0) is 14.2. The second kappa shape index (κ2) is 3.31. The van der Waals surface area contributed by atoms with Gasteiger partial charge in [-0.1, -0.05) is 0 Å². The minimum Gasteiger partial charge on any atom is -0.299 e. The van der Waals surface area contributed by atoms with E-state index in [1.54, 1.807) is 0 Å². The Morgan fingerprint density at radius 2 is 1.55 bits per heavy atom. The summed E-state index contributed by atoms with van der Waals surface area (Å²) in [6.07, 6.45) is 2.69. The number of carbonyl (C=O) groups is 5. The number of hydrogen-bond donors (Lipinski definition) is 0. The molecule has 0 aromatic rings. The second-order valence-corrected chi connectivity index (χ2v) is 5.99. The minimum atomic E-state index is -1.27. The van der Waals surface area contributed by atoms with E-state index in [2.05, 4.69) is 0 Å². The van der Waals surface area contributed by atoms with E-state index in [1.807, 2.05) is 0 Å². The summed E-state index contributed by atoms with van der Waals surface area (Å²) in [6, 6.07) is 0. The smallest absolute Gasteiger partial charge is 0.254 e. The maximum atomic E-state index is 12.6. The van der Waals surface area contributed by atoms with Crippen LogP contribution in [0.15, 0.2) is 12.2 Å². The van der Waals surface area contributed by atoms with Gasteiger partial charge in [-0.2, -0.15) is 0 Å². The van der Waals surface area contributed by atoms with Crippen molar-refractivity contribution in [1.82, 2.24) is 4.90 Å². The largest absolute Gasteiger partial charge is 0.299 e. The Morgan fingerprint density at radius 1 is 0.900 bits per heavy atom. The Labute approximate surface area is 113 Å². The van der Waals surface area contributed by atoms with Gasteiger partial charge in [-0.25, -0.2) is 0 Å². The Morgan fingerprint density at radius 3 is 2.20 bits per heavy atom. The van der Waals surface area contributed by atoms with Gasteiger partial charge in [0.05, 0.1) is 11.8 Å². The van der Waals surface area contributed by atoms with Crippen molar-refractivity contribution in [3.63, 3.8) is 0 Å². The van der Waals surface area contributed by atoms with Gasteiger partial charge < -0.3 is 0 Å². The monoisotopic (exact) mass is 273 g/mol. The fraction of sp³-hybridized carbons (Fsp3) is 0.500. The highest BCUT2D eigenvalue weighted by molar-refractivity contribution is 6.24. The van der Waals surface area contributed by atoms with Crippen LogP contribution in [0.3, 0.4) is 0 Å². The fourth-order valence-electron chi connectivity index (χ4n) is 4.27. The van der Waals surface area contributed by atoms with E-state index in [4.69, 9.17) is 0 Å². The summed E-state index contributed by atoms with van der Waals surface area (Å²) < 4.78 is 0. The van der Waals surface area contributed by atoms with Crippen molar-refractivity contribution in [1.29, 1.82) is 0 Å². The van der Waals surface area contributed by atoms with Crippen LogP contribution < -0.4 is 0 Å². The highest BCUT2D eigenvalue weighted by Crippen LogP contribution is 2.53. The van der Waals surface area contributed by atoms with Crippen molar-refractivity contribution in [3.8, 4) is 0 Å². The zero-order valence-electron chi connectivity index (χ0n) is 10.5. The van der Waals surface area contributed by atoms with Crippen LogP contribution in [-0.4, -0.2) is 39.6 Å². The number of amides is 2. The Kier molecular flexibility index (Phi) is 1.94. The van der Waals surface area contributed by atoms with Crippen LogP contribution in [-0.2, 0) is 24.0 Å². The van der Waals surface area contributed by atoms with Gasteiger partial charge in [-0.05, 0) is 19.3 Å². The molecule has 4 unspecified atom stereocenters. The lowest BCUT2D eigenvalue weighted by Gasteiger charge is -2.55. The third kappa shape index (κ3) is 1.09. The van der Waals surface area contributed by atoms with Crippen molar-refractivity contribution in [2.75, 3.05) is 0 Å². The van der Waals surface area contributed by atoms with Crippen molar-refractivity contribution in [2.24, 2.45) is 17.8 Å². The molecular weight excluding hydrogens is 262 g/mol. The quantitative estimate of drug-likeness (QED) is 0.471. The summed E-state index contributed by atoms with van der Waals surface area (Å²) >= 11 is 0. The average molecular weight is 273 g/mol. The SMILES string of the molecule is O=C1C2CC3C(=O)C1CC(N1C(=O)C=CC1=O)(C2)C3=O. The van der Waals surface area contributed by atoms with Crippen LogP contribution >= 0.6 is 0 Å². The van der Waals surface area contributed by atoms with Crippen LogP contribution in [0.25, 0.3) is 0 Å². The summed E-state index contributed by atoms with van der Waals surface area (Å²) in [5.74, 6) is -3.85. The first-order valence-corrected chi connectivity index (χ1v) is 6.64. The Bertz CT molecular complexity index is 626. The molecule has 0 aromatic heterocycles. The highest BCUT2D eigenvalue weighted by atomic mass is 16.2. The predicted molar refractivity (Wildman–Crippen MR) is 63.1 cm³/mol. The molecular formula is C14H11NO5. The minimum absolute atomic E-state index is 0.0182. The first-order valence-electron chi connectivity index (χ1n) is 6.64. The van der Waals surface area contributed by atoms with Gasteiger partial charge in [-0.15, -0.1) is 0 Å². The lowest BCUT2D eigenvalue weighted by molar-refractivity contribution is -0.176. The molecule has 1 heterocycles. The normalized spacial score (nSPS) is 42.3. The number of carbonyl (C=O) groups excluding carboxylic acids is 5. The molecule has 102 valence electrons. The summed E-state index contributed by atoms with van der Waals surface area (Å²) in [6.45, 7) is 0. The molecule has 6 heteroatoms. The topological polar surface area (TPSA) is 88.6 Å². The maximum absolute atomic E-state index is 12.6. The molecule has 1 aliphatic heterocycles. The molecule has 4 atom stereocenters. The molecule has 5 aliphatic rings. The van der Waals surface area contributed by atoms with E-state index in [-0.39, 0.29) is 42.5 Å². The van der Waals surface area contributed by atoms with Gasteiger partial charge in [0.2, 0.25) is 0 Å². The molecule has 6 nitrogen and oxygen atoms in total. The predicted octanol–water partition coefficient (Wildman–Crippen LogP) is -0.583. The summed E-state index contributed by atoms with van der Waals surface area (Å²) in [4.78, 5) is 61.5. The van der Waals surface area contributed by atoms with Crippen molar-refractivity contribution in [3.05, 3.63) is 12.2 Å². The van der Waals surface area contributed by atoms with Gasteiger partial charge in [0.1, 0.15) is 11.3 Å². The first-order chi connectivity index (χ1) is 9.45. The van der Waals surface area contributed by atoms with E-state index in [0.717, 1.165) is 17.1 Å². The van der Waals surface area contributed by atoms with E-state index in [1.165, 1.54) is 0 Å². The van der Waals surface area contributed by atoms with Crippen molar-refractivity contribution >= 4 is 29.2 Å². The molecule has 0 spiro atoms. The van der Waals surface area contributed by atoms with Crippen molar-refractivity contribution in [2.45, 2.75) is 24.8 Å². The molecule has 4 aliphatic carbocycles. The maximum Gasteiger partial charge on any atom is 0.254 e. The third-order valence-corrected chi connectivity index (χ3v) is 5.09. The number of Topliss-reactive ketones (excluding diaryl/α,β-unsaturated/α-hetero) is 3. The lowest BCUT2D eigenvalue weighted by atomic mass is 9.50. The van der Waals surface area contributed by atoms with Gasteiger partial charge >= 0.3 is 0 Å². The molecule has 4 saturated carbocycles. The summed E-state index contributed by atoms with van der Waals surface area (Å²) in [7, 11) is 0. The van der Waals surface area contributed by atoms with Crippen LogP contribution in [0, 0.1) is 17.8 Å². The van der Waals surface area contributed by atoms with Gasteiger partial charge in [0.15, 0.2) is 11.6 Å². The Balaban J connectivity index is 1.85. The van der Waals surface area contributed by atoms with Crippen LogP contribution in [0.2, 0.25) is 0 Å². The third-order valence-electron chi connectivity index (χ3n) is 5.09. The van der Waals surface area contributed by atoms with Crippen LogP contribution in [0.4, 0.5) is 0 Å². The fourth-order valence-corrected chi connectivity index (χ4v) is 4.27. The van der Waals surface area contributed by atoms with Gasteiger partial charge in [0, 0.05) is 18.1 Å². The van der Waals surface area contributed by atoms with Gasteiger partial charge in [0.25, 0.3) is 11.8 Å². The molecule has 20 heavy (non-hydrogen) atoms. The number of rotatable bonds is 1. The Hall–Kier alpha value is -2.11. The number of nitrogens with zero attached hydrogens (tertiary/aromatic N) is 1. The lowest BCUT2D eigenvalue weighted by Crippen LogP contribution is -2.72. The van der Waals surface area contributed by atoms with Gasteiger partial charge in [-0.3, -0.25) is 28.9 Å². The molecule has 4 bridgehead atoms. The highest BCUT2D eigenvalue weighted by Gasteiger charge is 2.67. The first kappa shape index (κ1) is 11.7. The van der Waals surface area contributed by atoms with Crippen LogP contribution in [0.5, 0.6) is 0 Å². The standard InChI is InChI=1S/C14H11NO5/c16-9-1-2-10(17)15(9)14-4-6-3-7(13(14)20)12(19)8(5-14)11(6)18/h1-2,6-8H,3-5H2. The number of imide groups is 1. The van der Waals surface area contributed by atoms with E-state index in [0.29, 0.717) is 0 Å². The molecule has 4 fully saturated rings. The van der Waals surface area contributed by atoms with E-state index in [9.17, 15) is 24.0 Å². The second-order valence-electron chi connectivity index (χ2n) is 5.99. The molecule has 0 N–H and O–H groups in total.